The Kier molecular flexibility index (Phi) is 58.6. The maximum atomic E-state index is 12.9. The fourth-order valence-electron chi connectivity index (χ4n) is 8.53. The molecule has 4 N–H and O–H groups in total. The van der Waals surface area contributed by atoms with Crippen molar-refractivity contribution in [2.45, 2.75) is 283 Å². The first-order valence-corrected chi connectivity index (χ1v) is 35.9. The van der Waals surface area contributed by atoms with Gasteiger partial charge in [0.1, 0.15) is 25.4 Å². The van der Waals surface area contributed by atoms with Crippen LogP contribution in [0.25, 0.3) is 0 Å². The zero-order valence-corrected chi connectivity index (χ0v) is 54.8. The lowest BCUT2D eigenvalue weighted by Crippen LogP contribution is -2.30. The van der Waals surface area contributed by atoms with Crippen molar-refractivity contribution in [3.63, 3.8) is 0 Å². The van der Waals surface area contributed by atoms with Crippen LogP contribution < -0.4 is 0 Å². The minimum atomic E-state index is -4.93. The van der Waals surface area contributed by atoms with Crippen molar-refractivity contribution in [1.29, 1.82) is 0 Å². The Labute approximate surface area is 515 Å². The van der Waals surface area contributed by atoms with E-state index in [1.165, 1.54) is 57.8 Å². The van der Waals surface area contributed by atoms with Crippen LogP contribution in [-0.2, 0) is 55.8 Å². The second kappa shape index (κ2) is 61.0. The smallest absolute Gasteiger partial charge is 0.463 e. The van der Waals surface area contributed by atoms with Gasteiger partial charge in [-0.05, 0) is 116 Å². The van der Waals surface area contributed by atoms with Crippen molar-refractivity contribution >= 4 is 33.6 Å². The summed E-state index contributed by atoms with van der Waals surface area (Å²) in [5, 5.41) is 20.5. The number of phosphoric acid groups is 2. The number of phosphoric ester groups is 2. The molecule has 18 heteroatoms. The summed E-state index contributed by atoms with van der Waals surface area (Å²) in [6.07, 6.45) is 63.5. The monoisotopic (exact) mass is 1240 g/mol. The van der Waals surface area contributed by atoms with E-state index in [-0.39, 0.29) is 19.3 Å². The molecule has 0 spiro atoms. The van der Waals surface area contributed by atoms with Gasteiger partial charge in [0.05, 0.1) is 26.4 Å². The van der Waals surface area contributed by atoms with E-state index in [0.717, 1.165) is 148 Å². The second-order valence-corrected chi connectivity index (χ2v) is 24.8. The molecule has 0 heterocycles. The highest BCUT2D eigenvalue weighted by Crippen LogP contribution is 2.45. The number of hydrogen-bond donors (Lipinski definition) is 4. The molecule has 0 aromatic heterocycles. The van der Waals surface area contributed by atoms with Gasteiger partial charge in [0.15, 0.2) is 6.10 Å². The Morgan fingerprint density at radius 2 is 0.624 bits per heavy atom. The third-order valence-corrected chi connectivity index (χ3v) is 15.5. The number of esters is 3. The SMILES string of the molecule is CC/C=C\C/C=C\C/C=C\C/C=C\CCCCCCCCC(=O)OCC(O)COP(=O)(O)OCC(O)COP(=O)(O)OCC(COC(=O)CCCCCCC/C=C\C/C=C\CCCCC)OC(=O)CCCCCCC/C=C\CCCCCCCC. The minimum absolute atomic E-state index is 0.0920. The summed E-state index contributed by atoms with van der Waals surface area (Å²) in [4.78, 5) is 58.3. The summed E-state index contributed by atoms with van der Waals surface area (Å²) in [6, 6.07) is 0. The first kappa shape index (κ1) is 81.7. The third-order valence-electron chi connectivity index (χ3n) is 13.6. The highest BCUT2D eigenvalue weighted by atomic mass is 31.2. The normalized spacial score (nSPS) is 14.9. The van der Waals surface area contributed by atoms with E-state index in [2.05, 4.69) is 106 Å². The van der Waals surface area contributed by atoms with E-state index >= 15 is 0 Å². The van der Waals surface area contributed by atoms with Gasteiger partial charge in [-0.15, -0.1) is 0 Å². The Morgan fingerprint density at radius 3 is 1.02 bits per heavy atom. The third kappa shape index (κ3) is 62.1. The van der Waals surface area contributed by atoms with Crippen LogP contribution in [0, 0.1) is 0 Å². The van der Waals surface area contributed by atoms with Crippen LogP contribution in [0.1, 0.15) is 265 Å². The molecule has 0 amide bonds. The summed E-state index contributed by atoms with van der Waals surface area (Å²) >= 11 is 0. The van der Waals surface area contributed by atoms with E-state index in [0.29, 0.717) is 19.3 Å². The van der Waals surface area contributed by atoms with Crippen molar-refractivity contribution in [1.82, 2.24) is 0 Å². The minimum Gasteiger partial charge on any atom is -0.463 e. The number of allylic oxidation sites excluding steroid dienone is 14. The van der Waals surface area contributed by atoms with E-state index in [1.54, 1.807) is 0 Å². The topological polar surface area (TPSA) is 231 Å². The molecule has 0 fully saturated rings. The molecule has 0 saturated heterocycles. The van der Waals surface area contributed by atoms with E-state index in [4.69, 9.17) is 32.3 Å². The number of aliphatic hydroxyl groups excluding tert-OH is 2. The lowest BCUT2D eigenvalue weighted by Gasteiger charge is -2.21. The van der Waals surface area contributed by atoms with Crippen LogP contribution >= 0.6 is 15.6 Å². The highest BCUT2D eigenvalue weighted by Gasteiger charge is 2.29. The summed E-state index contributed by atoms with van der Waals surface area (Å²) in [6.45, 7) is 2.48. The predicted molar refractivity (Wildman–Crippen MR) is 344 cm³/mol. The largest absolute Gasteiger partial charge is 0.472 e. The molecule has 5 unspecified atom stereocenters. The maximum Gasteiger partial charge on any atom is 0.472 e. The van der Waals surface area contributed by atoms with Crippen LogP contribution in [-0.4, -0.2) is 95.9 Å². The molecular formula is C67H118O16P2. The second-order valence-electron chi connectivity index (χ2n) is 21.9. The summed E-state index contributed by atoms with van der Waals surface area (Å²) in [5.41, 5.74) is 0. The fourth-order valence-corrected chi connectivity index (χ4v) is 10.1. The lowest BCUT2D eigenvalue weighted by atomic mass is 10.1. The van der Waals surface area contributed by atoms with Crippen LogP contribution in [0.15, 0.2) is 85.1 Å². The molecule has 0 radical (unpaired) electrons. The van der Waals surface area contributed by atoms with Crippen LogP contribution in [0.4, 0.5) is 0 Å². The van der Waals surface area contributed by atoms with Crippen molar-refractivity contribution < 1.29 is 75.8 Å². The molecule has 0 aromatic carbocycles. The van der Waals surface area contributed by atoms with E-state index in [1.807, 2.05) is 0 Å². The highest BCUT2D eigenvalue weighted by molar-refractivity contribution is 7.47. The number of carbonyl (C=O) groups is 3. The molecule has 0 aliphatic rings. The molecule has 0 bridgehead atoms. The Hall–Kier alpha value is -3.27. The molecule has 0 rings (SSSR count). The molecule has 0 saturated carbocycles. The van der Waals surface area contributed by atoms with Gasteiger partial charge in [-0.2, -0.15) is 0 Å². The summed E-state index contributed by atoms with van der Waals surface area (Å²) in [5.74, 6) is -1.61. The van der Waals surface area contributed by atoms with Crippen molar-refractivity contribution in [3.05, 3.63) is 85.1 Å². The number of rotatable bonds is 62. The molecule has 0 aliphatic heterocycles. The predicted octanol–water partition coefficient (Wildman–Crippen LogP) is 17.8. The molecule has 16 nitrogen and oxygen atoms in total. The number of unbranched alkanes of at least 4 members (excludes halogenated alkanes) is 25. The van der Waals surface area contributed by atoms with Gasteiger partial charge < -0.3 is 34.2 Å². The Balaban J connectivity index is 4.68. The average Bonchev–Trinajstić information content (AvgIpc) is 3.52. The molecule has 0 aliphatic carbocycles. The summed E-state index contributed by atoms with van der Waals surface area (Å²) < 4.78 is 60.8. The van der Waals surface area contributed by atoms with Crippen LogP contribution in [0.5, 0.6) is 0 Å². The molecular weight excluding hydrogens is 1120 g/mol. The quantitative estimate of drug-likeness (QED) is 0.0146. The lowest BCUT2D eigenvalue weighted by molar-refractivity contribution is -0.161. The zero-order valence-electron chi connectivity index (χ0n) is 53.0. The van der Waals surface area contributed by atoms with Crippen LogP contribution in [0.2, 0.25) is 0 Å². The van der Waals surface area contributed by atoms with Gasteiger partial charge in [-0.3, -0.25) is 32.5 Å². The van der Waals surface area contributed by atoms with Gasteiger partial charge >= 0.3 is 33.6 Å². The Morgan fingerprint density at radius 1 is 0.341 bits per heavy atom. The van der Waals surface area contributed by atoms with Crippen LogP contribution in [0.3, 0.4) is 0 Å². The molecule has 0 aromatic rings. The van der Waals surface area contributed by atoms with Crippen molar-refractivity contribution in [2.24, 2.45) is 0 Å². The fraction of sp³-hybridized carbons (Fsp3) is 0.746. The van der Waals surface area contributed by atoms with Crippen molar-refractivity contribution in [2.75, 3.05) is 39.6 Å². The van der Waals surface area contributed by atoms with Gasteiger partial charge in [0.2, 0.25) is 0 Å². The number of hydrogen-bond acceptors (Lipinski definition) is 14. The van der Waals surface area contributed by atoms with E-state index in [9.17, 15) is 43.5 Å². The molecule has 5 atom stereocenters. The first-order chi connectivity index (χ1) is 41.2. The molecule has 85 heavy (non-hydrogen) atoms. The first-order valence-electron chi connectivity index (χ1n) is 32.9. The standard InChI is InChI=1S/C67H118O16P2/c1-4-7-10-13-16-19-22-25-28-29-30-31-34-36-38-41-44-47-50-53-65(70)77-56-62(68)57-79-84(73,74)80-58-63(69)59-81-85(75,76)82-61-64(83-67(72)55-52-49-46-43-40-37-33-27-24-21-18-15-12-9-6-3)60-78-66(71)54-51-48-45-42-39-35-32-26-23-20-17-14-11-8-5-2/h7,10,16-17,19-20,25-28,30-33,62-64,68-69H,4-6,8-9,11-15,18,21-24,29,34-61H2,1-3H3,(H,73,74)(H,75,76)/b10-7-,19-16-,20-17-,28-25-,31-30-,32-26-,33-27-. The number of aliphatic hydroxyl groups is 2. The zero-order chi connectivity index (χ0) is 62.4. The number of ether oxygens (including phenoxy) is 3. The van der Waals surface area contributed by atoms with Gasteiger partial charge in [0, 0.05) is 19.3 Å². The molecule has 492 valence electrons. The average molecular weight is 1240 g/mol. The van der Waals surface area contributed by atoms with E-state index < -0.39 is 91.5 Å². The van der Waals surface area contributed by atoms with Gasteiger partial charge in [0.25, 0.3) is 0 Å². The Bertz CT molecular complexity index is 1900. The summed E-state index contributed by atoms with van der Waals surface area (Å²) in [7, 11) is -9.78. The van der Waals surface area contributed by atoms with Crippen molar-refractivity contribution in [3.8, 4) is 0 Å². The van der Waals surface area contributed by atoms with Gasteiger partial charge in [-0.1, -0.05) is 215 Å². The van der Waals surface area contributed by atoms with Gasteiger partial charge in [-0.25, -0.2) is 9.13 Å². The maximum absolute atomic E-state index is 12.9. The number of carbonyl (C=O) groups excluding carboxylic acids is 3.